The molecule has 1 N–H and O–H groups in total. The van der Waals surface area contributed by atoms with Gasteiger partial charge in [0.1, 0.15) is 5.76 Å². The van der Waals surface area contributed by atoms with Gasteiger partial charge in [0.25, 0.3) is 0 Å². The monoisotopic (exact) mass is 347 g/mol. The van der Waals surface area contributed by atoms with Crippen molar-refractivity contribution in [2.24, 2.45) is 0 Å². The lowest BCUT2D eigenvalue weighted by Gasteiger charge is -2.16. The Balaban J connectivity index is 2.07. The first kappa shape index (κ1) is 13.8. The fourth-order valence-corrected chi connectivity index (χ4v) is 2.51. The molecule has 2 rings (SSSR count). The van der Waals surface area contributed by atoms with Gasteiger partial charge < -0.3 is 9.73 Å². The highest BCUT2D eigenvalue weighted by molar-refractivity contribution is 9.10. The molecule has 0 saturated heterocycles. The minimum Gasteiger partial charge on any atom is -0.469 e. The average molecular weight is 349 g/mol. The summed E-state index contributed by atoms with van der Waals surface area (Å²) < 4.78 is 6.10. The molecule has 0 fully saturated rings. The summed E-state index contributed by atoms with van der Waals surface area (Å²) in [6.07, 6.45) is 2.46. The number of benzene rings is 1. The summed E-state index contributed by atoms with van der Waals surface area (Å²) in [5.41, 5.74) is 0.823. The highest BCUT2D eigenvalue weighted by Crippen LogP contribution is 2.36. The van der Waals surface area contributed by atoms with Crippen LogP contribution in [-0.4, -0.2) is 6.04 Å². The van der Waals surface area contributed by atoms with E-state index in [-0.39, 0.29) is 6.04 Å². The van der Waals surface area contributed by atoms with Gasteiger partial charge in [-0.25, -0.2) is 0 Å². The van der Waals surface area contributed by atoms with Crippen molar-refractivity contribution < 1.29 is 4.42 Å². The fraction of sp³-hybridized carbons (Fsp3) is 0.231. The largest absolute Gasteiger partial charge is 0.469 e. The number of hydrogen-bond acceptors (Lipinski definition) is 2. The van der Waals surface area contributed by atoms with Crippen LogP contribution >= 0.6 is 39.1 Å². The summed E-state index contributed by atoms with van der Waals surface area (Å²) in [5, 5.41) is 4.36. The minimum atomic E-state index is 0.200. The van der Waals surface area contributed by atoms with Crippen LogP contribution in [0.15, 0.2) is 39.4 Å². The van der Waals surface area contributed by atoms with E-state index in [1.54, 1.807) is 6.26 Å². The normalized spacial score (nSPS) is 12.4. The highest BCUT2D eigenvalue weighted by atomic mass is 79.9. The molecule has 2 nitrogen and oxygen atoms in total. The number of nitrogens with one attached hydrogen (secondary N) is 1. The van der Waals surface area contributed by atoms with E-state index < -0.39 is 0 Å². The molecule has 1 aromatic heterocycles. The maximum atomic E-state index is 6.18. The lowest BCUT2D eigenvalue weighted by atomic mass is 10.2. The van der Waals surface area contributed by atoms with Crippen LogP contribution in [0, 0.1) is 0 Å². The van der Waals surface area contributed by atoms with E-state index in [1.807, 2.05) is 24.3 Å². The predicted octanol–water partition coefficient (Wildman–Crippen LogP) is 5.39. The smallest absolute Gasteiger partial charge is 0.105 e. The Morgan fingerprint density at radius 2 is 2.06 bits per heavy atom. The fourth-order valence-electron chi connectivity index (χ4n) is 1.68. The Morgan fingerprint density at radius 3 is 2.72 bits per heavy atom. The number of hydrogen-bond donors (Lipinski definition) is 1. The molecule has 96 valence electrons. The van der Waals surface area contributed by atoms with E-state index in [0.717, 1.165) is 22.3 Å². The van der Waals surface area contributed by atoms with Crippen LogP contribution in [-0.2, 0) is 6.42 Å². The Hall–Kier alpha value is -0.640. The Kier molecular flexibility index (Phi) is 4.60. The average Bonchev–Trinajstić information content (AvgIpc) is 2.83. The molecule has 0 aliphatic carbocycles. The zero-order valence-corrected chi connectivity index (χ0v) is 12.8. The maximum Gasteiger partial charge on any atom is 0.105 e. The lowest BCUT2D eigenvalue weighted by molar-refractivity contribution is 0.498. The standard InChI is InChI=1S/C13H12BrCl2NO/c1-8(7-9-3-2-6-18-9)17-11-5-4-10(14)12(15)13(11)16/h2-6,8,17H,7H2,1H3. The number of anilines is 1. The number of rotatable bonds is 4. The van der Waals surface area contributed by atoms with Crippen molar-refractivity contribution in [2.45, 2.75) is 19.4 Å². The van der Waals surface area contributed by atoms with Gasteiger partial charge in [-0.15, -0.1) is 0 Å². The third kappa shape index (κ3) is 3.22. The molecule has 1 aromatic carbocycles. The van der Waals surface area contributed by atoms with Crippen molar-refractivity contribution in [1.82, 2.24) is 0 Å². The molecular weight excluding hydrogens is 337 g/mol. The van der Waals surface area contributed by atoms with E-state index in [0.29, 0.717) is 10.0 Å². The third-order valence-electron chi connectivity index (χ3n) is 2.52. The second kappa shape index (κ2) is 6.00. The van der Waals surface area contributed by atoms with E-state index in [4.69, 9.17) is 27.6 Å². The molecule has 5 heteroatoms. The molecule has 0 aliphatic rings. The second-order valence-electron chi connectivity index (χ2n) is 4.05. The number of halogens is 3. The van der Waals surface area contributed by atoms with Gasteiger partial charge >= 0.3 is 0 Å². The molecule has 0 amide bonds. The minimum absolute atomic E-state index is 0.200. The molecule has 1 heterocycles. The van der Waals surface area contributed by atoms with Crippen LogP contribution in [0.1, 0.15) is 12.7 Å². The molecule has 1 unspecified atom stereocenters. The van der Waals surface area contributed by atoms with Gasteiger partial charge in [0, 0.05) is 16.9 Å². The Bertz CT molecular complexity index is 528. The Labute approximate surface area is 124 Å². The van der Waals surface area contributed by atoms with Gasteiger partial charge in [0.15, 0.2) is 0 Å². The van der Waals surface area contributed by atoms with Crippen molar-refractivity contribution in [2.75, 3.05) is 5.32 Å². The van der Waals surface area contributed by atoms with Crippen LogP contribution in [0.5, 0.6) is 0 Å². The Morgan fingerprint density at radius 1 is 1.28 bits per heavy atom. The molecule has 0 aliphatic heterocycles. The molecule has 0 radical (unpaired) electrons. The van der Waals surface area contributed by atoms with E-state index in [2.05, 4.69) is 28.2 Å². The molecule has 0 spiro atoms. The summed E-state index contributed by atoms with van der Waals surface area (Å²) in [4.78, 5) is 0. The third-order valence-corrected chi connectivity index (χ3v) is 4.30. The first-order chi connectivity index (χ1) is 8.58. The van der Waals surface area contributed by atoms with Crippen molar-refractivity contribution in [3.8, 4) is 0 Å². The zero-order chi connectivity index (χ0) is 13.1. The molecule has 0 saturated carbocycles. The zero-order valence-electron chi connectivity index (χ0n) is 9.71. The van der Waals surface area contributed by atoms with Gasteiger partial charge in [-0.1, -0.05) is 23.2 Å². The van der Waals surface area contributed by atoms with Crippen LogP contribution in [0.3, 0.4) is 0 Å². The van der Waals surface area contributed by atoms with Gasteiger partial charge in [-0.05, 0) is 47.1 Å². The van der Waals surface area contributed by atoms with Crippen molar-refractivity contribution in [3.63, 3.8) is 0 Å². The second-order valence-corrected chi connectivity index (χ2v) is 5.66. The molecule has 0 bridgehead atoms. The van der Waals surface area contributed by atoms with Crippen LogP contribution in [0.2, 0.25) is 10.0 Å². The predicted molar refractivity (Wildman–Crippen MR) is 79.7 cm³/mol. The first-order valence-electron chi connectivity index (χ1n) is 5.50. The molecule has 1 atom stereocenters. The van der Waals surface area contributed by atoms with Crippen LogP contribution in [0.4, 0.5) is 5.69 Å². The van der Waals surface area contributed by atoms with Gasteiger partial charge in [-0.2, -0.15) is 0 Å². The van der Waals surface area contributed by atoms with E-state index in [9.17, 15) is 0 Å². The van der Waals surface area contributed by atoms with Gasteiger partial charge in [-0.3, -0.25) is 0 Å². The van der Waals surface area contributed by atoms with Crippen molar-refractivity contribution in [3.05, 3.63) is 50.8 Å². The SMILES string of the molecule is CC(Cc1ccco1)Nc1ccc(Br)c(Cl)c1Cl. The summed E-state index contributed by atoms with van der Waals surface area (Å²) in [7, 11) is 0. The molecule has 2 aromatic rings. The van der Waals surface area contributed by atoms with E-state index in [1.165, 1.54) is 0 Å². The van der Waals surface area contributed by atoms with Gasteiger partial charge in [0.2, 0.25) is 0 Å². The quantitative estimate of drug-likeness (QED) is 0.749. The maximum absolute atomic E-state index is 6.18. The van der Waals surface area contributed by atoms with Crippen LogP contribution < -0.4 is 5.32 Å². The first-order valence-corrected chi connectivity index (χ1v) is 7.05. The van der Waals surface area contributed by atoms with Crippen molar-refractivity contribution in [1.29, 1.82) is 0 Å². The summed E-state index contributed by atoms with van der Waals surface area (Å²) in [6.45, 7) is 2.06. The summed E-state index contributed by atoms with van der Waals surface area (Å²) >= 11 is 15.6. The lowest BCUT2D eigenvalue weighted by Crippen LogP contribution is -2.18. The summed E-state index contributed by atoms with van der Waals surface area (Å²) in [5.74, 6) is 0.939. The topological polar surface area (TPSA) is 25.2 Å². The number of furan rings is 1. The van der Waals surface area contributed by atoms with E-state index >= 15 is 0 Å². The highest BCUT2D eigenvalue weighted by Gasteiger charge is 2.11. The van der Waals surface area contributed by atoms with Crippen molar-refractivity contribution >= 4 is 44.8 Å². The molecule has 18 heavy (non-hydrogen) atoms. The van der Waals surface area contributed by atoms with Gasteiger partial charge in [0.05, 0.1) is 22.0 Å². The molecular formula is C13H12BrCl2NO. The summed E-state index contributed by atoms with van der Waals surface area (Å²) in [6, 6.07) is 7.80. The van der Waals surface area contributed by atoms with Crippen LogP contribution in [0.25, 0.3) is 0 Å².